The SMILES string of the molecule is C#CCNC(=O)CSc1nnc(-c2cccc(Cl)c2)n1N. The second kappa shape index (κ2) is 7.02. The zero-order valence-electron chi connectivity index (χ0n) is 10.9. The van der Waals surface area contributed by atoms with Crippen molar-refractivity contribution < 1.29 is 4.79 Å². The number of nitrogens with two attached hydrogens (primary N) is 1. The number of carbonyl (C=O) groups is 1. The predicted octanol–water partition coefficient (Wildman–Crippen LogP) is 1.15. The summed E-state index contributed by atoms with van der Waals surface area (Å²) in [4.78, 5) is 11.5. The molecule has 0 saturated heterocycles. The van der Waals surface area contributed by atoms with Crippen molar-refractivity contribution in [2.45, 2.75) is 5.16 Å². The molecule has 0 saturated carbocycles. The Morgan fingerprint density at radius 2 is 2.33 bits per heavy atom. The van der Waals surface area contributed by atoms with Gasteiger partial charge in [0.15, 0.2) is 5.82 Å². The summed E-state index contributed by atoms with van der Waals surface area (Å²) < 4.78 is 1.32. The molecule has 108 valence electrons. The summed E-state index contributed by atoms with van der Waals surface area (Å²) >= 11 is 7.11. The third-order valence-electron chi connectivity index (χ3n) is 2.47. The molecule has 0 aliphatic rings. The van der Waals surface area contributed by atoms with E-state index in [1.54, 1.807) is 18.2 Å². The van der Waals surface area contributed by atoms with Crippen LogP contribution in [-0.2, 0) is 4.79 Å². The van der Waals surface area contributed by atoms with E-state index in [0.29, 0.717) is 16.0 Å². The van der Waals surface area contributed by atoms with Gasteiger partial charge in [-0.05, 0) is 12.1 Å². The van der Waals surface area contributed by atoms with Gasteiger partial charge in [-0.15, -0.1) is 16.6 Å². The first-order valence-electron chi connectivity index (χ1n) is 5.91. The number of aromatic nitrogens is 3. The number of halogens is 1. The molecule has 0 aliphatic carbocycles. The molecule has 0 unspecified atom stereocenters. The molecule has 2 aromatic rings. The summed E-state index contributed by atoms with van der Waals surface area (Å²) in [5, 5.41) is 11.5. The standard InChI is InChI=1S/C13H12ClN5OS/c1-2-6-16-11(20)8-21-13-18-17-12(19(13)15)9-4-3-5-10(14)7-9/h1,3-5,7H,6,8,15H2,(H,16,20). The van der Waals surface area contributed by atoms with Crippen LogP contribution >= 0.6 is 23.4 Å². The zero-order valence-corrected chi connectivity index (χ0v) is 12.5. The van der Waals surface area contributed by atoms with Crippen LogP contribution in [0, 0.1) is 12.3 Å². The van der Waals surface area contributed by atoms with E-state index in [4.69, 9.17) is 23.9 Å². The molecule has 0 atom stereocenters. The lowest BCUT2D eigenvalue weighted by Gasteiger charge is -2.04. The molecule has 0 aliphatic heterocycles. The van der Waals surface area contributed by atoms with Crippen molar-refractivity contribution in [2.24, 2.45) is 0 Å². The Bertz CT molecular complexity index is 694. The number of amides is 1. The van der Waals surface area contributed by atoms with Crippen molar-refractivity contribution in [3.05, 3.63) is 29.3 Å². The summed E-state index contributed by atoms with van der Waals surface area (Å²) in [5.41, 5.74) is 0.751. The second-order valence-electron chi connectivity index (χ2n) is 3.96. The van der Waals surface area contributed by atoms with Crippen LogP contribution in [0.25, 0.3) is 11.4 Å². The predicted molar refractivity (Wildman–Crippen MR) is 83.2 cm³/mol. The topological polar surface area (TPSA) is 85.8 Å². The first-order valence-corrected chi connectivity index (χ1v) is 7.27. The Hall–Kier alpha value is -2.17. The lowest BCUT2D eigenvalue weighted by molar-refractivity contribution is -0.118. The van der Waals surface area contributed by atoms with Crippen LogP contribution in [0.5, 0.6) is 0 Å². The van der Waals surface area contributed by atoms with Crippen LogP contribution in [0.4, 0.5) is 0 Å². The molecule has 1 amide bonds. The average molecular weight is 322 g/mol. The lowest BCUT2D eigenvalue weighted by Crippen LogP contribution is -2.25. The molecule has 6 nitrogen and oxygen atoms in total. The number of nitrogen functional groups attached to an aromatic ring is 1. The highest BCUT2D eigenvalue weighted by molar-refractivity contribution is 7.99. The molecule has 1 aromatic carbocycles. The minimum absolute atomic E-state index is 0.159. The first kappa shape index (κ1) is 15.2. The largest absolute Gasteiger partial charge is 0.344 e. The van der Waals surface area contributed by atoms with Gasteiger partial charge in [0.2, 0.25) is 11.1 Å². The molecule has 0 bridgehead atoms. The van der Waals surface area contributed by atoms with Gasteiger partial charge in [-0.3, -0.25) is 4.79 Å². The number of nitrogens with one attached hydrogen (secondary N) is 1. The third-order valence-corrected chi connectivity index (χ3v) is 3.65. The van der Waals surface area contributed by atoms with Crippen LogP contribution in [0.1, 0.15) is 0 Å². The summed E-state index contributed by atoms with van der Waals surface area (Å²) in [7, 11) is 0. The fraction of sp³-hybridized carbons (Fsp3) is 0.154. The highest BCUT2D eigenvalue weighted by Gasteiger charge is 2.13. The van der Waals surface area contributed by atoms with Crippen molar-refractivity contribution in [1.82, 2.24) is 20.2 Å². The van der Waals surface area contributed by atoms with Gasteiger partial charge >= 0.3 is 0 Å². The van der Waals surface area contributed by atoms with E-state index in [9.17, 15) is 4.79 Å². The highest BCUT2D eigenvalue weighted by atomic mass is 35.5. The minimum atomic E-state index is -0.190. The van der Waals surface area contributed by atoms with E-state index >= 15 is 0 Å². The van der Waals surface area contributed by atoms with Crippen molar-refractivity contribution in [1.29, 1.82) is 0 Å². The normalized spacial score (nSPS) is 10.1. The average Bonchev–Trinajstić information content (AvgIpc) is 2.84. The highest BCUT2D eigenvalue weighted by Crippen LogP contribution is 2.23. The number of rotatable bonds is 5. The molecule has 3 N–H and O–H groups in total. The van der Waals surface area contributed by atoms with E-state index in [-0.39, 0.29) is 18.2 Å². The van der Waals surface area contributed by atoms with Crippen LogP contribution in [-0.4, -0.2) is 33.1 Å². The maximum Gasteiger partial charge on any atom is 0.231 e. The quantitative estimate of drug-likeness (QED) is 0.490. The van der Waals surface area contributed by atoms with Crippen molar-refractivity contribution >= 4 is 29.3 Å². The van der Waals surface area contributed by atoms with E-state index in [1.165, 1.54) is 16.4 Å². The molecule has 1 aromatic heterocycles. The number of hydrogen-bond donors (Lipinski definition) is 2. The number of hydrogen-bond acceptors (Lipinski definition) is 5. The third kappa shape index (κ3) is 3.90. The lowest BCUT2D eigenvalue weighted by atomic mass is 10.2. The van der Waals surface area contributed by atoms with Crippen molar-refractivity contribution in [3.8, 4) is 23.7 Å². The van der Waals surface area contributed by atoms with Gasteiger partial charge < -0.3 is 11.2 Å². The Balaban J connectivity index is 2.07. The molecule has 0 radical (unpaired) electrons. The van der Waals surface area contributed by atoms with Gasteiger partial charge in [-0.2, -0.15) is 0 Å². The summed E-state index contributed by atoms with van der Waals surface area (Å²) in [6.07, 6.45) is 5.06. The van der Waals surface area contributed by atoms with E-state index in [1.807, 2.05) is 6.07 Å². The monoisotopic (exact) mass is 321 g/mol. The molecular formula is C13H12ClN5OS. The molecule has 0 spiro atoms. The maximum absolute atomic E-state index is 11.5. The van der Waals surface area contributed by atoms with Crippen molar-refractivity contribution in [2.75, 3.05) is 18.1 Å². The van der Waals surface area contributed by atoms with Gasteiger partial charge in [-0.25, -0.2) is 4.68 Å². The van der Waals surface area contributed by atoms with Crippen LogP contribution in [0.3, 0.4) is 0 Å². The number of thioether (sulfide) groups is 1. The fourth-order valence-electron chi connectivity index (χ4n) is 1.53. The Labute approximate surface area is 131 Å². The maximum atomic E-state index is 11.5. The van der Waals surface area contributed by atoms with E-state index < -0.39 is 0 Å². The molecular weight excluding hydrogens is 310 g/mol. The van der Waals surface area contributed by atoms with Gasteiger partial charge in [0.25, 0.3) is 0 Å². The number of carbonyl (C=O) groups excluding carboxylic acids is 1. The number of terminal acetylenes is 1. The van der Waals surface area contributed by atoms with Gasteiger partial charge in [0.05, 0.1) is 12.3 Å². The molecule has 21 heavy (non-hydrogen) atoms. The van der Waals surface area contributed by atoms with Crippen LogP contribution in [0.2, 0.25) is 5.02 Å². The fourth-order valence-corrected chi connectivity index (χ4v) is 2.41. The number of nitrogens with zero attached hydrogens (tertiary/aromatic N) is 3. The summed E-state index contributed by atoms with van der Waals surface area (Å²) in [5.74, 6) is 8.71. The van der Waals surface area contributed by atoms with E-state index in [2.05, 4.69) is 21.4 Å². The Morgan fingerprint density at radius 3 is 3.05 bits per heavy atom. The van der Waals surface area contributed by atoms with Crippen molar-refractivity contribution in [3.63, 3.8) is 0 Å². The van der Waals surface area contributed by atoms with Crippen LogP contribution < -0.4 is 11.2 Å². The van der Waals surface area contributed by atoms with Gasteiger partial charge in [0.1, 0.15) is 0 Å². The van der Waals surface area contributed by atoms with Gasteiger partial charge in [-0.1, -0.05) is 41.4 Å². The Morgan fingerprint density at radius 1 is 1.52 bits per heavy atom. The molecule has 1 heterocycles. The molecule has 0 fully saturated rings. The van der Waals surface area contributed by atoms with E-state index in [0.717, 1.165) is 5.56 Å². The zero-order chi connectivity index (χ0) is 15.2. The number of benzene rings is 1. The second-order valence-corrected chi connectivity index (χ2v) is 5.33. The Kier molecular flexibility index (Phi) is 5.09. The van der Waals surface area contributed by atoms with Crippen LogP contribution in [0.15, 0.2) is 29.4 Å². The molecule has 8 heteroatoms. The van der Waals surface area contributed by atoms with Gasteiger partial charge in [0, 0.05) is 10.6 Å². The summed E-state index contributed by atoms with van der Waals surface area (Å²) in [6, 6.07) is 7.12. The summed E-state index contributed by atoms with van der Waals surface area (Å²) in [6.45, 7) is 0.197. The first-order chi connectivity index (χ1) is 10.1. The molecule has 2 rings (SSSR count). The minimum Gasteiger partial charge on any atom is -0.344 e. The smallest absolute Gasteiger partial charge is 0.231 e.